The summed E-state index contributed by atoms with van der Waals surface area (Å²) in [5, 5.41) is 0. The van der Waals surface area contributed by atoms with E-state index in [1.54, 1.807) is 6.07 Å². The third kappa shape index (κ3) is 3.60. The minimum atomic E-state index is -0.877. The first-order valence-electron chi connectivity index (χ1n) is 5.50. The normalized spacial score (nSPS) is 12.5. The molecule has 0 spiro atoms. The summed E-state index contributed by atoms with van der Waals surface area (Å²) >= 11 is 6.57. The van der Waals surface area contributed by atoms with Crippen molar-refractivity contribution >= 4 is 31.9 Å². The summed E-state index contributed by atoms with van der Waals surface area (Å²) in [5.41, 5.74) is 0.915. The fraction of sp³-hybridized carbons (Fsp3) is 0.143. The predicted octanol–water partition coefficient (Wildman–Crippen LogP) is 5.55. The molecule has 2 aromatic carbocycles. The van der Waals surface area contributed by atoms with Gasteiger partial charge in [0.05, 0.1) is 0 Å². The molecule has 0 saturated heterocycles. The molecular weight excluding hydrogens is 385 g/mol. The van der Waals surface area contributed by atoms with E-state index in [1.807, 2.05) is 0 Å². The van der Waals surface area contributed by atoms with Gasteiger partial charge in [-0.2, -0.15) is 0 Å². The Bertz CT molecular complexity index is 579. The SMILES string of the molecule is Fc1cc(Br)cc(C(Br)Cc2cccc(F)c2F)c1. The second-order valence-corrected chi connectivity index (χ2v) is 6.11. The molecule has 0 amide bonds. The molecule has 5 heteroatoms. The molecule has 1 unspecified atom stereocenters. The van der Waals surface area contributed by atoms with E-state index in [1.165, 1.54) is 24.3 Å². The van der Waals surface area contributed by atoms with Gasteiger partial charge in [-0.25, -0.2) is 13.2 Å². The van der Waals surface area contributed by atoms with Gasteiger partial charge in [-0.15, -0.1) is 0 Å². The quantitative estimate of drug-likeness (QED) is 0.600. The highest BCUT2D eigenvalue weighted by atomic mass is 79.9. The molecule has 100 valence electrons. The first-order chi connectivity index (χ1) is 8.97. The maximum absolute atomic E-state index is 13.6. The van der Waals surface area contributed by atoms with Crippen LogP contribution in [0.2, 0.25) is 0 Å². The minimum absolute atomic E-state index is 0.236. The van der Waals surface area contributed by atoms with Crippen LogP contribution < -0.4 is 0 Å². The summed E-state index contributed by atoms with van der Waals surface area (Å²) in [4.78, 5) is -0.296. The van der Waals surface area contributed by atoms with Crippen molar-refractivity contribution in [1.82, 2.24) is 0 Å². The van der Waals surface area contributed by atoms with E-state index < -0.39 is 11.6 Å². The van der Waals surface area contributed by atoms with Crippen LogP contribution in [-0.2, 0) is 6.42 Å². The standard InChI is InChI=1S/C14H9Br2F3/c15-10-4-9(5-11(17)7-10)12(16)6-8-2-1-3-13(18)14(8)19/h1-5,7,12H,6H2. The Morgan fingerprint density at radius 3 is 2.47 bits per heavy atom. The topological polar surface area (TPSA) is 0 Å². The summed E-state index contributed by atoms with van der Waals surface area (Å²) in [6, 6.07) is 8.48. The van der Waals surface area contributed by atoms with Crippen LogP contribution in [0, 0.1) is 17.5 Å². The predicted molar refractivity (Wildman–Crippen MR) is 75.8 cm³/mol. The lowest BCUT2D eigenvalue weighted by atomic mass is 10.0. The molecule has 0 aliphatic heterocycles. The molecular formula is C14H9Br2F3. The third-order valence-corrected chi connectivity index (χ3v) is 3.99. The number of halogens is 5. The second-order valence-electron chi connectivity index (χ2n) is 4.09. The highest BCUT2D eigenvalue weighted by Crippen LogP contribution is 2.30. The number of rotatable bonds is 3. The maximum Gasteiger partial charge on any atom is 0.162 e. The smallest absolute Gasteiger partial charge is 0.162 e. The fourth-order valence-corrected chi connectivity index (χ4v) is 2.87. The Labute approximate surface area is 125 Å². The molecule has 2 rings (SSSR count). The van der Waals surface area contributed by atoms with Crippen molar-refractivity contribution < 1.29 is 13.2 Å². The monoisotopic (exact) mass is 392 g/mol. The van der Waals surface area contributed by atoms with Gasteiger partial charge in [-0.1, -0.05) is 44.0 Å². The van der Waals surface area contributed by atoms with Gasteiger partial charge in [0.25, 0.3) is 0 Å². The van der Waals surface area contributed by atoms with Gasteiger partial charge < -0.3 is 0 Å². The van der Waals surface area contributed by atoms with Gasteiger partial charge in [0, 0.05) is 9.30 Å². The van der Waals surface area contributed by atoms with Gasteiger partial charge in [-0.3, -0.25) is 0 Å². The Morgan fingerprint density at radius 2 is 1.79 bits per heavy atom. The van der Waals surface area contributed by atoms with Crippen LogP contribution in [0.25, 0.3) is 0 Å². The van der Waals surface area contributed by atoms with E-state index in [2.05, 4.69) is 31.9 Å². The van der Waals surface area contributed by atoms with Crippen molar-refractivity contribution in [3.8, 4) is 0 Å². The zero-order chi connectivity index (χ0) is 14.0. The molecule has 19 heavy (non-hydrogen) atoms. The van der Waals surface area contributed by atoms with Crippen LogP contribution >= 0.6 is 31.9 Å². The van der Waals surface area contributed by atoms with Crippen LogP contribution in [-0.4, -0.2) is 0 Å². The van der Waals surface area contributed by atoms with Gasteiger partial charge in [0.1, 0.15) is 5.82 Å². The number of alkyl halides is 1. The van der Waals surface area contributed by atoms with Gasteiger partial charge >= 0.3 is 0 Å². The van der Waals surface area contributed by atoms with E-state index in [0.717, 1.165) is 6.07 Å². The summed E-state index contributed by atoms with van der Waals surface area (Å²) < 4.78 is 40.5. The Hall–Kier alpha value is -0.810. The van der Waals surface area contributed by atoms with Crippen LogP contribution in [0.5, 0.6) is 0 Å². The van der Waals surface area contributed by atoms with Crippen LogP contribution in [0.4, 0.5) is 13.2 Å². The molecule has 0 fully saturated rings. The van der Waals surface area contributed by atoms with Gasteiger partial charge in [-0.05, 0) is 41.8 Å². The maximum atomic E-state index is 13.6. The van der Waals surface area contributed by atoms with E-state index in [4.69, 9.17) is 0 Å². The first-order valence-corrected chi connectivity index (χ1v) is 7.21. The minimum Gasteiger partial charge on any atom is -0.207 e. The average molecular weight is 394 g/mol. The van der Waals surface area contributed by atoms with Crippen LogP contribution in [0.15, 0.2) is 40.9 Å². The Morgan fingerprint density at radius 1 is 1.05 bits per heavy atom. The van der Waals surface area contributed by atoms with Gasteiger partial charge in [0.2, 0.25) is 0 Å². The lowest BCUT2D eigenvalue weighted by Crippen LogP contribution is -2.00. The molecule has 2 aromatic rings. The van der Waals surface area contributed by atoms with E-state index in [0.29, 0.717) is 10.0 Å². The molecule has 0 N–H and O–H groups in total. The lowest BCUT2D eigenvalue weighted by Gasteiger charge is -2.12. The summed E-state index contributed by atoms with van der Waals surface area (Å²) in [5.74, 6) is -2.12. The molecule has 0 bridgehead atoms. The van der Waals surface area contributed by atoms with Crippen molar-refractivity contribution in [2.75, 3.05) is 0 Å². The highest BCUT2D eigenvalue weighted by Gasteiger charge is 2.15. The molecule has 1 atom stereocenters. The first kappa shape index (κ1) is 14.6. The van der Waals surface area contributed by atoms with Crippen LogP contribution in [0.1, 0.15) is 16.0 Å². The molecule has 0 aliphatic rings. The lowest BCUT2D eigenvalue weighted by molar-refractivity contribution is 0.498. The Balaban J connectivity index is 2.25. The van der Waals surface area contributed by atoms with E-state index in [9.17, 15) is 13.2 Å². The van der Waals surface area contributed by atoms with Crippen molar-refractivity contribution in [3.05, 3.63) is 69.4 Å². The fourth-order valence-electron chi connectivity index (χ4n) is 1.77. The largest absolute Gasteiger partial charge is 0.207 e. The number of hydrogen-bond donors (Lipinski definition) is 0. The van der Waals surface area contributed by atoms with Crippen molar-refractivity contribution in [3.63, 3.8) is 0 Å². The van der Waals surface area contributed by atoms with Crippen molar-refractivity contribution in [2.45, 2.75) is 11.2 Å². The van der Waals surface area contributed by atoms with E-state index >= 15 is 0 Å². The number of benzene rings is 2. The molecule has 0 heterocycles. The summed E-state index contributed by atoms with van der Waals surface area (Å²) in [6.45, 7) is 0. The van der Waals surface area contributed by atoms with Crippen LogP contribution in [0.3, 0.4) is 0 Å². The zero-order valence-corrected chi connectivity index (χ0v) is 12.8. The van der Waals surface area contributed by atoms with Crippen molar-refractivity contribution in [1.29, 1.82) is 0 Å². The summed E-state index contributed by atoms with van der Waals surface area (Å²) in [6.07, 6.45) is 0.236. The van der Waals surface area contributed by atoms with E-state index in [-0.39, 0.29) is 22.6 Å². The summed E-state index contributed by atoms with van der Waals surface area (Å²) in [7, 11) is 0. The number of hydrogen-bond acceptors (Lipinski definition) is 0. The van der Waals surface area contributed by atoms with Gasteiger partial charge in [0.15, 0.2) is 11.6 Å². The average Bonchev–Trinajstić information content (AvgIpc) is 2.33. The molecule has 0 aromatic heterocycles. The molecule has 0 radical (unpaired) electrons. The second kappa shape index (κ2) is 6.09. The molecule has 0 nitrogen and oxygen atoms in total. The molecule has 0 saturated carbocycles. The molecule has 0 aliphatic carbocycles. The Kier molecular flexibility index (Phi) is 4.68. The third-order valence-electron chi connectivity index (χ3n) is 2.68. The zero-order valence-electron chi connectivity index (χ0n) is 9.64. The van der Waals surface area contributed by atoms with Crippen molar-refractivity contribution in [2.24, 2.45) is 0 Å². The highest BCUT2D eigenvalue weighted by molar-refractivity contribution is 9.10.